The van der Waals surface area contributed by atoms with Crippen molar-refractivity contribution in [3.8, 4) is 0 Å². The Morgan fingerprint density at radius 3 is 2.39 bits per heavy atom. The van der Waals surface area contributed by atoms with Crippen LogP contribution >= 0.6 is 36.2 Å². The summed E-state index contributed by atoms with van der Waals surface area (Å²) in [6.45, 7) is 6.34. The van der Waals surface area contributed by atoms with E-state index in [9.17, 15) is 4.79 Å². The third-order valence-electron chi connectivity index (χ3n) is 3.54. The Bertz CT molecular complexity index is 610. The SMILES string of the molecule is Cc1nc(CCNC(=O)C(C)(N)c2ccccc2)sc1C.Cl.Cl. The minimum Gasteiger partial charge on any atom is -0.354 e. The molecule has 128 valence electrons. The number of amides is 1. The van der Waals surface area contributed by atoms with Gasteiger partial charge in [0.2, 0.25) is 5.91 Å². The van der Waals surface area contributed by atoms with Crippen molar-refractivity contribution >= 4 is 42.1 Å². The van der Waals surface area contributed by atoms with Gasteiger partial charge in [-0.2, -0.15) is 0 Å². The van der Waals surface area contributed by atoms with E-state index in [1.54, 1.807) is 18.3 Å². The van der Waals surface area contributed by atoms with E-state index < -0.39 is 5.54 Å². The third kappa shape index (κ3) is 5.46. The van der Waals surface area contributed by atoms with Gasteiger partial charge in [0.15, 0.2) is 0 Å². The zero-order valence-electron chi connectivity index (χ0n) is 13.5. The molecule has 1 aromatic heterocycles. The van der Waals surface area contributed by atoms with Crippen molar-refractivity contribution in [3.05, 3.63) is 51.5 Å². The maximum Gasteiger partial charge on any atom is 0.244 e. The Kier molecular flexibility index (Phi) is 8.77. The summed E-state index contributed by atoms with van der Waals surface area (Å²) in [5.74, 6) is -0.168. The summed E-state index contributed by atoms with van der Waals surface area (Å²) < 4.78 is 0. The number of nitrogens with zero attached hydrogens (tertiary/aromatic N) is 1. The molecular weight excluding hydrogens is 353 g/mol. The van der Waals surface area contributed by atoms with Crippen LogP contribution in [0.1, 0.15) is 28.1 Å². The molecule has 3 N–H and O–H groups in total. The van der Waals surface area contributed by atoms with Crippen LogP contribution in [0.25, 0.3) is 0 Å². The molecule has 1 aromatic carbocycles. The zero-order chi connectivity index (χ0) is 15.5. The molecule has 4 nitrogen and oxygen atoms in total. The fourth-order valence-corrected chi connectivity index (χ4v) is 2.96. The highest BCUT2D eigenvalue weighted by Crippen LogP contribution is 2.18. The van der Waals surface area contributed by atoms with Gasteiger partial charge in [0, 0.05) is 17.8 Å². The summed E-state index contributed by atoms with van der Waals surface area (Å²) in [5.41, 5.74) is 7.02. The number of aryl methyl sites for hydroxylation is 2. The molecule has 0 bridgehead atoms. The molecule has 0 saturated heterocycles. The summed E-state index contributed by atoms with van der Waals surface area (Å²) >= 11 is 1.68. The molecule has 1 atom stereocenters. The minimum absolute atomic E-state index is 0. The van der Waals surface area contributed by atoms with Crippen molar-refractivity contribution in [1.29, 1.82) is 0 Å². The quantitative estimate of drug-likeness (QED) is 0.843. The van der Waals surface area contributed by atoms with Crippen molar-refractivity contribution in [2.24, 2.45) is 5.73 Å². The van der Waals surface area contributed by atoms with Gasteiger partial charge in [0.25, 0.3) is 0 Å². The van der Waals surface area contributed by atoms with Gasteiger partial charge in [-0.3, -0.25) is 4.79 Å². The molecule has 0 radical (unpaired) electrons. The lowest BCUT2D eigenvalue weighted by Gasteiger charge is -2.24. The summed E-state index contributed by atoms with van der Waals surface area (Å²) in [7, 11) is 0. The Morgan fingerprint density at radius 1 is 1.26 bits per heavy atom. The van der Waals surface area contributed by atoms with Crippen molar-refractivity contribution < 1.29 is 4.79 Å². The van der Waals surface area contributed by atoms with E-state index in [0.29, 0.717) is 6.54 Å². The second kappa shape index (κ2) is 9.23. The fraction of sp³-hybridized carbons (Fsp3) is 0.375. The number of hydrogen-bond donors (Lipinski definition) is 2. The minimum atomic E-state index is -1.02. The zero-order valence-corrected chi connectivity index (χ0v) is 15.9. The van der Waals surface area contributed by atoms with Crippen LogP contribution in [0.5, 0.6) is 0 Å². The predicted molar refractivity (Wildman–Crippen MR) is 101 cm³/mol. The van der Waals surface area contributed by atoms with Gasteiger partial charge in [-0.05, 0) is 26.3 Å². The van der Waals surface area contributed by atoms with Crippen molar-refractivity contribution in [2.45, 2.75) is 32.7 Å². The monoisotopic (exact) mass is 375 g/mol. The third-order valence-corrected chi connectivity index (χ3v) is 4.68. The highest BCUT2D eigenvalue weighted by molar-refractivity contribution is 7.11. The smallest absolute Gasteiger partial charge is 0.244 e. The molecule has 2 aromatic rings. The summed E-state index contributed by atoms with van der Waals surface area (Å²) in [5, 5.41) is 3.95. The number of nitrogens with one attached hydrogen (secondary N) is 1. The molecule has 0 aliphatic carbocycles. The number of hydrogen-bond acceptors (Lipinski definition) is 4. The lowest BCUT2D eigenvalue weighted by Crippen LogP contribution is -2.49. The fourth-order valence-electron chi connectivity index (χ4n) is 2.03. The van der Waals surface area contributed by atoms with Crippen molar-refractivity contribution in [3.63, 3.8) is 0 Å². The van der Waals surface area contributed by atoms with Gasteiger partial charge in [0.05, 0.1) is 10.7 Å². The Balaban J connectivity index is 0.00000242. The average Bonchev–Trinajstić information content (AvgIpc) is 2.78. The van der Waals surface area contributed by atoms with E-state index in [1.807, 2.05) is 37.3 Å². The second-order valence-corrected chi connectivity index (χ2v) is 6.61. The Morgan fingerprint density at radius 2 is 1.87 bits per heavy atom. The standard InChI is InChI=1S/C16H21N3OS.2ClH/c1-11-12(2)21-14(19-11)9-10-18-15(20)16(3,17)13-7-5-4-6-8-13;;/h4-8H,9-10,17H2,1-3H3,(H,18,20);2*1H. The van der Waals surface area contributed by atoms with E-state index in [4.69, 9.17) is 5.73 Å². The first-order valence-electron chi connectivity index (χ1n) is 6.97. The molecule has 23 heavy (non-hydrogen) atoms. The number of rotatable bonds is 5. The van der Waals surface area contributed by atoms with Crippen LogP contribution in [-0.2, 0) is 16.8 Å². The summed E-state index contributed by atoms with van der Waals surface area (Å²) in [6, 6.07) is 9.41. The molecule has 0 spiro atoms. The highest BCUT2D eigenvalue weighted by Gasteiger charge is 2.29. The molecule has 1 unspecified atom stereocenters. The number of halogens is 2. The van der Waals surface area contributed by atoms with Crippen LogP contribution in [-0.4, -0.2) is 17.4 Å². The molecule has 0 fully saturated rings. The molecule has 0 saturated carbocycles. The lowest BCUT2D eigenvalue weighted by atomic mass is 9.92. The van der Waals surface area contributed by atoms with Crippen LogP contribution in [0.15, 0.2) is 30.3 Å². The van der Waals surface area contributed by atoms with Crippen LogP contribution in [0.3, 0.4) is 0 Å². The molecule has 0 aliphatic rings. The van der Waals surface area contributed by atoms with Gasteiger partial charge in [-0.25, -0.2) is 4.98 Å². The van der Waals surface area contributed by atoms with E-state index in [0.717, 1.165) is 22.7 Å². The first kappa shape index (κ1) is 21.9. The number of carbonyl (C=O) groups excluding carboxylic acids is 1. The molecule has 7 heteroatoms. The average molecular weight is 376 g/mol. The molecule has 2 rings (SSSR count). The lowest BCUT2D eigenvalue weighted by molar-refractivity contribution is -0.126. The predicted octanol–water partition coefficient (Wildman–Crippen LogP) is 3.14. The van der Waals surface area contributed by atoms with Gasteiger partial charge in [0.1, 0.15) is 5.54 Å². The van der Waals surface area contributed by atoms with Crippen LogP contribution in [0, 0.1) is 13.8 Å². The highest BCUT2D eigenvalue weighted by atomic mass is 35.5. The maximum absolute atomic E-state index is 12.3. The second-order valence-electron chi connectivity index (χ2n) is 5.32. The van der Waals surface area contributed by atoms with Crippen LogP contribution < -0.4 is 11.1 Å². The van der Waals surface area contributed by atoms with Crippen LogP contribution in [0.4, 0.5) is 0 Å². The summed E-state index contributed by atoms with van der Waals surface area (Å²) in [4.78, 5) is 18.0. The first-order valence-corrected chi connectivity index (χ1v) is 7.78. The topological polar surface area (TPSA) is 68.0 Å². The van der Waals surface area contributed by atoms with Gasteiger partial charge in [-0.1, -0.05) is 30.3 Å². The number of benzene rings is 1. The van der Waals surface area contributed by atoms with Gasteiger partial charge < -0.3 is 11.1 Å². The van der Waals surface area contributed by atoms with E-state index in [2.05, 4.69) is 17.2 Å². The normalized spacial score (nSPS) is 12.5. The Labute approximate surface area is 153 Å². The van der Waals surface area contributed by atoms with Crippen LogP contribution in [0.2, 0.25) is 0 Å². The molecular formula is C16H23Cl2N3OS. The number of thiazole rings is 1. The van der Waals surface area contributed by atoms with E-state index in [-0.39, 0.29) is 30.7 Å². The maximum atomic E-state index is 12.3. The van der Waals surface area contributed by atoms with E-state index in [1.165, 1.54) is 4.88 Å². The van der Waals surface area contributed by atoms with Crippen molar-refractivity contribution in [2.75, 3.05) is 6.54 Å². The number of aromatic nitrogens is 1. The molecule has 1 heterocycles. The summed E-state index contributed by atoms with van der Waals surface area (Å²) in [6.07, 6.45) is 0.732. The molecule has 1 amide bonds. The van der Waals surface area contributed by atoms with Gasteiger partial charge >= 0.3 is 0 Å². The number of carbonyl (C=O) groups is 1. The molecule has 0 aliphatic heterocycles. The largest absolute Gasteiger partial charge is 0.354 e. The van der Waals surface area contributed by atoms with E-state index >= 15 is 0 Å². The van der Waals surface area contributed by atoms with Crippen molar-refractivity contribution in [1.82, 2.24) is 10.3 Å². The van der Waals surface area contributed by atoms with Gasteiger partial charge in [-0.15, -0.1) is 36.2 Å². The number of nitrogens with two attached hydrogens (primary N) is 1. The Hall–Kier alpha value is -1.14. The first-order chi connectivity index (χ1) is 9.91.